The van der Waals surface area contributed by atoms with Crippen molar-refractivity contribution in [2.24, 2.45) is 5.73 Å². The Balaban J connectivity index is 2.79. The van der Waals surface area contributed by atoms with Gasteiger partial charge < -0.3 is 10.5 Å². The SMILES string of the molecule is CC(N)C(OCC(F)(F)F)c1cccc(Br)c1. The van der Waals surface area contributed by atoms with Crippen molar-refractivity contribution in [2.45, 2.75) is 25.2 Å². The number of hydrogen-bond donors (Lipinski definition) is 1. The summed E-state index contributed by atoms with van der Waals surface area (Å²) in [5, 5.41) is 0. The van der Waals surface area contributed by atoms with Crippen LogP contribution in [0, 0.1) is 0 Å². The van der Waals surface area contributed by atoms with Crippen LogP contribution in [0.3, 0.4) is 0 Å². The Kier molecular flexibility index (Phi) is 4.97. The molecule has 2 nitrogen and oxygen atoms in total. The molecule has 0 heterocycles. The van der Waals surface area contributed by atoms with Crippen molar-refractivity contribution in [3.05, 3.63) is 34.3 Å². The van der Waals surface area contributed by atoms with Gasteiger partial charge in [-0.25, -0.2) is 0 Å². The minimum Gasteiger partial charge on any atom is -0.362 e. The highest BCUT2D eigenvalue weighted by molar-refractivity contribution is 9.10. The molecular formula is C11H13BrF3NO. The fourth-order valence-corrected chi connectivity index (χ4v) is 1.84. The monoisotopic (exact) mass is 311 g/mol. The normalized spacial score (nSPS) is 15.6. The van der Waals surface area contributed by atoms with E-state index in [2.05, 4.69) is 15.9 Å². The van der Waals surface area contributed by atoms with Crippen LogP contribution in [-0.4, -0.2) is 18.8 Å². The van der Waals surface area contributed by atoms with Crippen molar-refractivity contribution in [2.75, 3.05) is 6.61 Å². The summed E-state index contributed by atoms with van der Waals surface area (Å²) in [5.74, 6) is 0. The maximum atomic E-state index is 12.1. The second kappa shape index (κ2) is 5.84. The van der Waals surface area contributed by atoms with Crippen molar-refractivity contribution in [1.29, 1.82) is 0 Å². The molecule has 96 valence electrons. The maximum absolute atomic E-state index is 12.1. The molecule has 0 saturated heterocycles. The van der Waals surface area contributed by atoms with Crippen molar-refractivity contribution < 1.29 is 17.9 Å². The lowest BCUT2D eigenvalue weighted by molar-refractivity contribution is -0.187. The Morgan fingerprint density at radius 1 is 1.41 bits per heavy atom. The van der Waals surface area contributed by atoms with E-state index in [1.165, 1.54) is 0 Å². The van der Waals surface area contributed by atoms with E-state index in [0.29, 0.717) is 5.56 Å². The highest BCUT2D eigenvalue weighted by atomic mass is 79.9. The number of alkyl halides is 3. The van der Waals surface area contributed by atoms with Gasteiger partial charge in [-0.2, -0.15) is 13.2 Å². The van der Waals surface area contributed by atoms with Gasteiger partial charge in [-0.3, -0.25) is 0 Å². The number of ether oxygens (including phenoxy) is 1. The fourth-order valence-electron chi connectivity index (χ4n) is 1.42. The summed E-state index contributed by atoms with van der Waals surface area (Å²) in [5.41, 5.74) is 6.26. The van der Waals surface area contributed by atoms with Gasteiger partial charge in [-0.15, -0.1) is 0 Å². The molecule has 1 aromatic rings. The van der Waals surface area contributed by atoms with Gasteiger partial charge in [0.2, 0.25) is 0 Å². The van der Waals surface area contributed by atoms with Gasteiger partial charge in [-0.05, 0) is 24.6 Å². The van der Waals surface area contributed by atoms with Crippen LogP contribution < -0.4 is 5.73 Å². The van der Waals surface area contributed by atoms with Crippen LogP contribution >= 0.6 is 15.9 Å². The second-order valence-electron chi connectivity index (χ2n) is 3.76. The minimum atomic E-state index is -4.35. The number of nitrogens with two attached hydrogens (primary N) is 1. The lowest BCUT2D eigenvalue weighted by atomic mass is 10.0. The second-order valence-corrected chi connectivity index (χ2v) is 4.68. The Labute approximate surface area is 106 Å². The molecule has 17 heavy (non-hydrogen) atoms. The van der Waals surface area contributed by atoms with E-state index in [4.69, 9.17) is 10.5 Å². The predicted molar refractivity (Wildman–Crippen MR) is 62.5 cm³/mol. The molecule has 6 heteroatoms. The molecule has 0 aromatic heterocycles. The summed E-state index contributed by atoms with van der Waals surface area (Å²) in [6.45, 7) is 0.313. The van der Waals surface area contributed by atoms with Gasteiger partial charge in [0.25, 0.3) is 0 Å². The zero-order valence-corrected chi connectivity index (χ0v) is 10.8. The molecule has 1 rings (SSSR count). The average Bonchev–Trinajstić information content (AvgIpc) is 2.15. The van der Waals surface area contributed by atoms with Crippen LogP contribution in [0.4, 0.5) is 13.2 Å². The molecule has 0 spiro atoms. The number of hydrogen-bond acceptors (Lipinski definition) is 2. The summed E-state index contributed by atoms with van der Waals surface area (Å²) < 4.78 is 41.9. The number of rotatable bonds is 4. The predicted octanol–water partition coefficient (Wildman–Crippen LogP) is 3.42. The van der Waals surface area contributed by atoms with Crippen molar-refractivity contribution >= 4 is 15.9 Å². The first kappa shape index (κ1) is 14.5. The third-order valence-corrected chi connectivity index (χ3v) is 2.57. The van der Waals surface area contributed by atoms with E-state index >= 15 is 0 Å². The van der Waals surface area contributed by atoms with Crippen LogP contribution in [0.25, 0.3) is 0 Å². The number of benzene rings is 1. The Hall–Kier alpha value is -0.590. The zero-order chi connectivity index (χ0) is 13.1. The molecule has 0 aliphatic carbocycles. The molecule has 0 aliphatic heterocycles. The molecule has 0 bridgehead atoms. The zero-order valence-electron chi connectivity index (χ0n) is 9.17. The molecule has 2 N–H and O–H groups in total. The first-order valence-corrected chi connectivity index (χ1v) is 5.78. The Morgan fingerprint density at radius 3 is 2.53 bits per heavy atom. The van der Waals surface area contributed by atoms with Crippen LogP contribution in [0.1, 0.15) is 18.6 Å². The Morgan fingerprint density at radius 2 is 2.06 bits per heavy atom. The summed E-state index contributed by atoms with van der Waals surface area (Å²) >= 11 is 3.25. The lowest BCUT2D eigenvalue weighted by Crippen LogP contribution is -2.30. The van der Waals surface area contributed by atoms with Crippen molar-refractivity contribution in [3.63, 3.8) is 0 Å². The molecule has 0 fully saturated rings. The molecule has 0 radical (unpaired) electrons. The molecule has 1 aromatic carbocycles. The first-order chi connectivity index (χ1) is 7.79. The van der Waals surface area contributed by atoms with Crippen LogP contribution in [0.2, 0.25) is 0 Å². The van der Waals surface area contributed by atoms with Gasteiger partial charge in [0.15, 0.2) is 0 Å². The first-order valence-electron chi connectivity index (χ1n) is 4.99. The molecular weight excluding hydrogens is 299 g/mol. The van der Waals surface area contributed by atoms with Crippen molar-refractivity contribution in [1.82, 2.24) is 0 Å². The summed E-state index contributed by atoms with van der Waals surface area (Å²) in [6, 6.07) is 6.38. The summed E-state index contributed by atoms with van der Waals surface area (Å²) in [4.78, 5) is 0. The van der Waals surface area contributed by atoms with Gasteiger partial charge >= 0.3 is 6.18 Å². The highest BCUT2D eigenvalue weighted by Crippen LogP contribution is 2.26. The van der Waals surface area contributed by atoms with Crippen LogP contribution in [-0.2, 0) is 4.74 Å². The van der Waals surface area contributed by atoms with E-state index in [1.807, 2.05) is 0 Å². The van der Waals surface area contributed by atoms with Crippen LogP contribution in [0.15, 0.2) is 28.7 Å². The van der Waals surface area contributed by atoms with E-state index < -0.39 is 24.9 Å². The number of halogens is 4. The van der Waals surface area contributed by atoms with E-state index in [0.717, 1.165) is 4.47 Å². The van der Waals surface area contributed by atoms with Crippen LogP contribution in [0.5, 0.6) is 0 Å². The quantitative estimate of drug-likeness (QED) is 0.924. The van der Waals surface area contributed by atoms with Gasteiger partial charge in [0.05, 0.1) is 6.10 Å². The highest BCUT2D eigenvalue weighted by Gasteiger charge is 2.30. The standard InChI is InChI=1S/C11H13BrF3NO/c1-7(16)10(17-6-11(13,14)15)8-3-2-4-9(12)5-8/h2-5,7,10H,6,16H2,1H3. The topological polar surface area (TPSA) is 35.2 Å². The van der Waals surface area contributed by atoms with E-state index in [1.54, 1.807) is 31.2 Å². The third-order valence-electron chi connectivity index (χ3n) is 2.08. The summed E-state index contributed by atoms with van der Waals surface area (Å²) in [6.07, 6.45) is -5.12. The third kappa shape index (κ3) is 5.06. The fraction of sp³-hybridized carbons (Fsp3) is 0.455. The largest absolute Gasteiger partial charge is 0.411 e. The smallest absolute Gasteiger partial charge is 0.362 e. The molecule has 0 saturated carbocycles. The minimum absolute atomic E-state index is 0.522. The Bertz CT molecular complexity index is 368. The van der Waals surface area contributed by atoms with Gasteiger partial charge in [-0.1, -0.05) is 28.1 Å². The van der Waals surface area contributed by atoms with Crippen molar-refractivity contribution in [3.8, 4) is 0 Å². The van der Waals surface area contributed by atoms with E-state index in [9.17, 15) is 13.2 Å². The van der Waals surface area contributed by atoms with Gasteiger partial charge in [0.1, 0.15) is 6.61 Å². The lowest BCUT2D eigenvalue weighted by Gasteiger charge is -2.22. The van der Waals surface area contributed by atoms with E-state index in [-0.39, 0.29) is 0 Å². The average molecular weight is 312 g/mol. The maximum Gasteiger partial charge on any atom is 0.411 e. The van der Waals surface area contributed by atoms with Gasteiger partial charge in [0, 0.05) is 10.5 Å². The molecule has 2 atom stereocenters. The molecule has 0 amide bonds. The molecule has 0 aliphatic rings. The molecule has 2 unspecified atom stereocenters. The summed E-state index contributed by atoms with van der Waals surface area (Å²) in [7, 11) is 0.